The Bertz CT molecular complexity index is 1560. The van der Waals surface area contributed by atoms with Crippen LogP contribution in [-0.4, -0.2) is 0 Å². The fourth-order valence-electron chi connectivity index (χ4n) is 11.4. The zero-order valence-corrected chi connectivity index (χ0v) is 33.2. The van der Waals surface area contributed by atoms with Crippen LogP contribution in [-0.2, 0) is 11.8 Å². The minimum absolute atomic E-state index is 0. The van der Waals surface area contributed by atoms with Gasteiger partial charge >= 0.3 is 0 Å². The van der Waals surface area contributed by atoms with Crippen LogP contribution in [0.5, 0.6) is 0 Å². The summed E-state index contributed by atoms with van der Waals surface area (Å²) >= 11 is 0. The number of hydrogen-bond donors (Lipinski definition) is 0. The van der Waals surface area contributed by atoms with Crippen LogP contribution in [0.3, 0.4) is 0 Å². The van der Waals surface area contributed by atoms with Gasteiger partial charge in [0.15, 0.2) is 0 Å². The molecule has 5 aliphatic rings. The van der Waals surface area contributed by atoms with Gasteiger partial charge in [0.1, 0.15) is 0 Å². The maximum Gasteiger partial charge on any atom is 0.0277 e. The second kappa shape index (κ2) is 21.2. The molecule has 284 valence electrons. The molecule has 8 atom stereocenters. The van der Waals surface area contributed by atoms with Crippen molar-refractivity contribution in [1.82, 2.24) is 0 Å². The Kier molecular flexibility index (Phi) is 20.3. The molecule has 8 unspecified atom stereocenters. The molecule has 50 heavy (non-hydrogen) atoms. The number of rotatable bonds is 0. The maximum absolute atomic E-state index is 2.72. The van der Waals surface area contributed by atoms with Crippen molar-refractivity contribution in [3.05, 3.63) is 71.3 Å². The molecule has 3 saturated carbocycles. The van der Waals surface area contributed by atoms with Gasteiger partial charge in [-0.25, -0.2) is 0 Å². The smallest absolute Gasteiger partial charge is 0.0277 e. The van der Waals surface area contributed by atoms with E-state index in [0.717, 1.165) is 41.4 Å². The van der Waals surface area contributed by atoms with E-state index >= 15 is 0 Å². The number of aryl methyl sites for hydroxylation is 1. The summed E-state index contributed by atoms with van der Waals surface area (Å²) in [5.74, 6) is 6.32. The van der Waals surface area contributed by atoms with Crippen molar-refractivity contribution in [2.45, 2.75) is 170 Å². The largest absolute Gasteiger partial charge is 0.0776 e. The van der Waals surface area contributed by atoms with Gasteiger partial charge in [-0.3, -0.25) is 0 Å². The molecule has 3 fully saturated rings. The fourth-order valence-corrected chi connectivity index (χ4v) is 11.4. The lowest BCUT2D eigenvalue weighted by Crippen LogP contribution is -2.61. The van der Waals surface area contributed by atoms with E-state index in [1.54, 1.807) is 27.5 Å². The standard InChI is InChI=1S/C35H36.6C2H6.3CH4/c1-19-13-16-23-20(2)35-29(28-11-5-9-22(19)31(23)28)18-15-21-14-17-27-25-8-4-3-7-24(25)26-10-6-12-30(35)32(26)33(27)34(21)35;6*1-2;;;/h3-4,6-8,10,12,14,17,19-20,22-23,28-29,31H,5,9,11,13,15-16,18H2,1-2H3;6*1-2H3;3*1H4. The van der Waals surface area contributed by atoms with Crippen molar-refractivity contribution in [2.75, 3.05) is 0 Å². The van der Waals surface area contributed by atoms with E-state index in [1.165, 1.54) is 66.5 Å². The fraction of sp³-hybridized carbons (Fsp3) is 0.640. The van der Waals surface area contributed by atoms with Crippen LogP contribution in [0.25, 0.3) is 32.3 Å². The minimum atomic E-state index is 0. The minimum Gasteiger partial charge on any atom is -0.0776 e. The quantitative estimate of drug-likeness (QED) is 0.162. The summed E-state index contributed by atoms with van der Waals surface area (Å²) in [6, 6.07) is 21.7. The molecule has 5 aliphatic carbocycles. The lowest BCUT2D eigenvalue weighted by Gasteiger charge is -2.65. The van der Waals surface area contributed by atoms with Crippen molar-refractivity contribution in [3.63, 3.8) is 0 Å². The summed E-state index contributed by atoms with van der Waals surface area (Å²) in [5.41, 5.74) is 5.45. The Morgan fingerprint density at radius 1 is 0.500 bits per heavy atom. The average Bonchev–Trinajstić information content (AvgIpc) is 3.49. The normalized spacial score (nSPS) is 27.8. The van der Waals surface area contributed by atoms with Gasteiger partial charge < -0.3 is 0 Å². The third kappa shape index (κ3) is 6.81. The summed E-state index contributed by atoms with van der Waals surface area (Å²) in [5, 5.41) is 9.22. The highest BCUT2D eigenvalue weighted by atomic mass is 14.7. The predicted octanol–water partition coefficient (Wildman–Crippen LogP) is 17.1. The Hall–Kier alpha value is -2.34. The van der Waals surface area contributed by atoms with Gasteiger partial charge in [-0.05, 0) is 123 Å². The van der Waals surface area contributed by atoms with Gasteiger partial charge in [0, 0.05) is 5.41 Å². The summed E-state index contributed by atoms with van der Waals surface area (Å²) in [6.07, 6.45) is 10.1. The molecule has 0 amide bonds. The van der Waals surface area contributed by atoms with Gasteiger partial charge in [0.05, 0.1) is 0 Å². The third-order valence-electron chi connectivity index (χ3n) is 12.4. The number of hydrogen-bond acceptors (Lipinski definition) is 0. The Morgan fingerprint density at radius 2 is 1.04 bits per heavy atom. The number of benzene rings is 4. The number of fused-ring (bicyclic) bond motifs is 4. The average molecular weight is 685 g/mol. The molecule has 0 bridgehead atoms. The van der Waals surface area contributed by atoms with Gasteiger partial charge in [0.25, 0.3) is 0 Å². The Balaban J connectivity index is 0.00000147. The predicted molar refractivity (Wildman–Crippen MR) is 235 cm³/mol. The summed E-state index contributed by atoms with van der Waals surface area (Å²) < 4.78 is 0. The molecule has 9 rings (SSSR count). The summed E-state index contributed by atoms with van der Waals surface area (Å²) in [6.45, 7) is 29.3. The van der Waals surface area contributed by atoms with Gasteiger partial charge in [0.2, 0.25) is 0 Å². The molecule has 0 heteroatoms. The molecule has 0 saturated heterocycles. The van der Waals surface area contributed by atoms with Crippen LogP contribution < -0.4 is 0 Å². The van der Waals surface area contributed by atoms with Crippen LogP contribution in [0.1, 0.15) is 174 Å². The monoisotopic (exact) mass is 685 g/mol. The Morgan fingerprint density at radius 3 is 1.64 bits per heavy atom. The molecule has 0 N–H and O–H groups in total. The molecular weight excluding hydrogens is 601 g/mol. The van der Waals surface area contributed by atoms with E-state index in [0.29, 0.717) is 0 Å². The van der Waals surface area contributed by atoms with Crippen LogP contribution in [0, 0.1) is 41.4 Å². The van der Waals surface area contributed by atoms with E-state index in [9.17, 15) is 0 Å². The molecule has 1 spiro atoms. The van der Waals surface area contributed by atoms with E-state index in [-0.39, 0.29) is 27.7 Å². The van der Waals surface area contributed by atoms with Crippen LogP contribution in [0.2, 0.25) is 0 Å². The second-order valence-corrected chi connectivity index (χ2v) is 13.2. The highest BCUT2D eigenvalue weighted by Crippen LogP contribution is 2.71. The molecule has 0 nitrogen and oxygen atoms in total. The summed E-state index contributed by atoms with van der Waals surface area (Å²) in [4.78, 5) is 0. The third-order valence-corrected chi connectivity index (χ3v) is 12.4. The van der Waals surface area contributed by atoms with Crippen molar-refractivity contribution in [3.8, 4) is 0 Å². The molecule has 0 heterocycles. The first-order valence-corrected chi connectivity index (χ1v) is 20.6. The SMILES string of the molecule is C.C.C.CC.CC.CC.CC.CC.CC.CC1CCC2C3C1CCCC3C1CCc3ccc4c5ccccc5c5cccc6c5c4c3C61C2C. The van der Waals surface area contributed by atoms with E-state index in [1.807, 2.05) is 83.1 Å². The first-order valence-electron chi connectivity index (χ1n) is 20.6. The first kappa shape index (κ1) is 47.7. The molecule has 0 radical (unpaired) electrons. The van der Waals surface area contributed by atoms with E-state index in [2.05, 4.69) is 68.4 Å². The molecular formula is C50H84. The topological polar surface area (TPSA) is 0 Å². The van der Waals surface area contributed by atoms with E-state index in [4.69, 9.17) is 0 Å². The van der Waals surface area contributed by atoms with Crippen LogP contribution in [0.4, 0.5) is 0 Å². The molecule has 0 aromatic heterocycles. The maximum atomic E-state index is 2.72. The lowest BCUT2D eigenvalue weighted by atomic mass is 9.39. The van der Waals surface area contributed by atoms with Gasteiger partial charge in [-0.2, -0.15) is 0 Å². The van der Waals surface area contributed by atoms with Crippen molar-refractivity contribution >= 4 is 32.3 Å². The summed E-state index contributed by atoms with van der Waals surface area (Å²) in [7, 11) is 0. The molecule has 4 aromatic carbocycles. The van der Waals surface area contributed by atoms with Crippen LogP contribution >= 0.6 is 0 Å². The van der Waals surface area contributed by atoms with Gasteiger partial charge in [-0.1, -0.05) is 187 Å². The molecule has 0 aliphatic heterocycles. The zero-order chi connectivity index (χ0) is 35.1. The van der Waals surface area contributed by atoms with Crippen LogP contribution in [0.15, 0.2) is 54.6 Å². The van der Waals surface area contributed by atoms with Crippen molar-refractivity contribution in [1.29, 1.82) is 0 Å². The highest BCUT2D eigenvalue weighted by molar-refractivity contribution is 6.29. The second-order valence-electron chi connectivity index (χ2n) is 13.2. The first-order chi connectivity index (χ1) is 23.2. The van der Waals surface area contributed by atoms with Crippen molar-refractivity contribution in [2.24, 2.45) is 41.4 Å². The zero-order valence-electron chi connectivity index (χ0n) is 33.2. The Labute approximate surface area is 313 Å². The van der Waals surface area contributed by atoms with Crippen molar-refractivity contribution < 1.29 is 0 Å². The molecule has 4 aromatic rings. The highest BCUT2D eigenvalue weighted by Gasteiger charge is 2.64. The van der Waals surface area contributed by atoms with Gasteiger partial charge in [-0.15, -0.1) is 0 Å². The van der Waals surface area contributed by atoms with E-state index < -0.39 is 0 Å². The lowest BCUT2D eigenvalue weighted by molar-refractivity contribution is -0.110.